The quantitative estimate of drug-likeness (QED) is 0.591. The van der Waals surface area contributed by atoms with Gasteiger partial charge in [0.1, 0.15) is 11.5 Å². The van der Waals surface area contributed by atoms with Crippen molar-refractivity contribution in [1.29, 1.82) is 0 Å². The molecule has 4 unspecified atom stereocenters. The second-order valence-electron chi connectivity index (χ2n) is 9.03. The molecule has 0 amide bonds. The van der Waals surface area contributed by atoms with E-state index in [0.29, 0.717) is 0 Å². The van der Waals surface area contributed by atoms with Crippen LogP contribution in [0.4, 0.5) is 0 Å². The van der Waals surface area contributed by atoms with Gasteiger partial charge in [-0.25, -0.2) is 0 Å². The average Bonchev–Trinajstić information content (AvgIpc) is 3.12. The van der Waals surface area contributed by atoms with Crippen LogP contribution < -0.4 is 20.1 Å². The third-order valence-electron chi connectivity index (χ3n) is 4.94. The molecule has 4 atom stereocenters. The Kier molecular flexibility index (Phi) is 4.37. The van der Waals surface area contributed by atoms with E-state index in [1.165, 1.54) is 10.6 Å². The molecule has 0 aromatic heterocycles. The number of fused-ring (bicyclic) bond motifs is 2. The number of benzene rings is 2. The van der Waals surface area contributed by atoms with Crippen molar-refractivity contribution < 1.29 is 9.47 Å². The zero-order chi connectivity index (χ0) is 18.7. The first kappa shape index (κ1) is 18.3. The summed E-state index contributed by atoms with van der Waals surface area (Å²) in [7, 11) is -0.968. The molecule has 0 bridgehead atoms. The van der Waals surface area contributed by atoms with E-state index in [1.807, 2.05) is 0 Å². The summed E-state index contributed by atoms with van der Waals surface area (Å²) in [6.07, 6.45) is 0. The number of ether oxygens (including phenoxy) is 2. The van der Waals surface area contributed by atoms with E-state index >= 15 is 0 Å². The molecule has 2 heterocycles. The Morgan fingerprint density at radius 1 is 0.615 bits per heavy atom. The van der Waals surface area contributed by atoms with E-state index in [0.717, 1.165) is 11.5 Å². The van der Waals surface area contributed by atoms with Gasteiger partial charge in [-0.2, -0.15) is 0 Å². The average molecular weight is 386 g/mol. The van der Waals surface area contributed by atoms with Crippen molar-refractivity contribution in [2.45, 2.75) is 63.5 Å². The van der Waals surface area contributed by atoms with Crippen LogP contribution in [0.3, 0.4) is 0 Å². The molecular weight excluding hydrogens is 358 g/mol. The van der Waals surface area contributed by atoms with Crippen LogP contribution in [0.25, 0.3) is 0 Å². The zero-order valence-electron chi connectivity index (χ0n) is 16.5. The molecular formula is C22H28O2P2. The summed E-state index contributed by atoms with van der Waals surface area (Å²) in [4.78, 5) is 0. The standard InChI is InChI=1S/C22H28O2P2/c1-21(2,3)25-17-13-9-7-11-15(17)23-19(25)20-24-16-12-8-10-14-18(16)26(20)22(4,5)6/h7-14,19-20H,1-6H3. The monoisotopic (exact) mass is 386 g/mol. The summed E-state index contributed by atoms with van der Waals surface area (Å²) in [6.45, 7) is 14.1. The van der Waals surface area contributed by atoms with Gasteiger partial charge in [0.25, 0.3) is 0 Å². The lowest BCUT2D eigenvalue weighted by Gasteiger charge is -2.39. The SMILES string of the molecule is CC(C)(C)P1c2ccccc2OC1C1Oc2ccccc2P1C(C)(C)C. The smallest absolute Gasteiger partial charge is 0.162 e. The number of hydrogen-bond donors (Lipinski definition) is 0. The summed E-state index contributed by atoms with van der Waals surface area (Å²) in [5.41, 5.74) is 0. The fourth-order valence-corrected chi connectivity index (χ4v) is 10.6. The molecule has 4 heteroatoms. The maximum absolute atomic E-state index is 6.61. The summed E-state index contributed by atoms with van der Waals surface area (Å²) >= 11 is 0. The summed E-state index contributed by atoms with van der Waals surface area (Å²) in [5, 5.41) is 3.12. The molecule has 0 aliphatic carbocycles. The minimum atomic E-state index is -0.484. The number of hydrogen-bond acceptors (Lipinski definition) is 2. The largest absolute Gasteiger partial charge is 0.481 e. The van der Waals surface area contributed by atoms with Crippen molar-refractivity contribution >= 4 is 26.5 Å². The third kappa shape index (κ3) is 2.96. The van der Waals surface area contributed by atoms with Crippen LogP contribution in [-0.4, -0.2) is 22.0 Å². The van der Waals surface area contributed by atoms with Gasteiger partial charge in [0.05, 0.1) is 0 Å². The van der Waals surface area contributed by atoms with Crippen LogP contribution in [0.15, 0.2) is 48.5 Å². The van der Waals surface area contributed by atoms with E-state index in [2.05, 4.69) is 90.1 Å². The van der Waals surface area contributed by atoms with Crippen molar-refractivity contribution in [1.82, 2.24) is 0 Å². The molecule has 0 fully saturated rings. The predicted molar refractivity (Wildman–Crippen MR) is 114 cm³/mol. The molecule has 2 aromatic rings. The first-order valence-corrected chi connectivity index (χ1v) is 12.1. The molecule has 2 aromatic carbocycles. The van der Waals surface area contributed by atoms with Gasteiger partial charge >= 0.3 is 0 Å². The number of para-hydroxylation sites is 2. The molecule has 2 aliphatic heterocycles. The predicted octanol–water partition coefficient (Wildman–Crippen LogP) is 5.64. The molecule has 0 saturated heterocycles. The van der Waals surface area contributed by atoms with Gasteiger partial charge in [-0.15, -0.1) is 0 Å². The highest BCUT2D eigenvalue weighted by molar-refractivity contribution is 7.72. The Hall–Kier alpha value is -1.10. The molecule has 0 spiro atoms. The van der Waals surface area contributed by atoms with Gasteiger partial charge in [0.2, 0.25) is 0 Å². The lowest BCUT2D eigenvalue weighted by atomic mass is 10.3. The molecule has 0 N–H and O–H groups in total. The first-order valence-electron chi connectivity index (χ1n) is 9.28. The Morgan fingerprint density at radius 2 is 0.962 bits per heavy atom. The van der Waals surface area contributed by atoms with Crippen LogP contribution in [0.5, 0.6) is 11.5 Å². The zero-order valence-corrected chi connectivity index (χ0v) is 18.3. The third-order valence-corrected chi connectivity index (χ3v) is 11.6. The van der Waals surface area contributed by atoms with E-state index in [9.17, 15) is 0 Å². The minimum Gasteiger partial charge on any atom is -0.481 e. The lowest BCUT2D eigenvalue weighted by Crippen LogP contribution is -2.37. The van der Waals surface area contributed by atoms with E-state index in [1.54, 1.807) is 0 Å². The van der Waals surface area contributed by atoms with Crippen LogP contribution in [0.2, 0.25) is 0 Å². The van der Waals surface area contributed by atoms with E-state index < -0.39 is 15.8 Å². The van der Waals surface area contributed by atoms with Crippen LogP contribution in [0, 0.1) is 0 Å². The van der Waals surface area contributed by atoms with Crippen molar-refractivity contribution in [2.75, 3.05) is 0 Å². The topological polar surface area (TPSA) is 18.5 Å². The van der Waals surface area contributed by atoms with Gasteiger partial charge in [-0.3, -0.25) is 0 Å². The maximum atomic E-state index is 6.61. The fourth-order valence-electron chi connectivity index (χ4n) is 4.01. The van der Waals surface area contributed by atoms with E-state index in [-0.39, 0.29) is 22.0 Å². The minimum absolute atomic E-state index is 0.111. The Labute approximate surface area is 159 Å². The number of rotatable bonds is 1. The highest BCUT2D eigenvalue weighted by Crippen LogP contribution is 2.67. The fraction of sp³-hybridized carbons (Fsp3) is 0.455. The van der Waals surface area contributed by atoms with Crippen LogP contribution in [0.1, 0.15) is 41.5 Å². The molecule has 2 nitrogen and oxygen atoms in total. The Bertz CT molecular complexity index is 750. The van der Waals surface area contributed by atoms with Gasteiger partial charge in [0.15, 0.2) is 11.7 Å². The normalized spacial score (nSPS) is 27.5. The van der Waals surface area contributed by atoms with Gasteiger partial charge in [-0.1, -0.05) is 77.9 Å². The molecule has 0 saturated carbocycles. The van der Waals surface area contributed by atoms with Gasteiger partial charge in [0, 0.05) is 10.6 Å². The summed E-state index contributed by atoms with van der Waals surface area (Å²) in [6, 6.07) is 17.2. The molecule has 26 heavy (non-hydrogen) atoms. The summed E-state index contributed by atoms with van der Waals surface area (Å²) in [5.74, 6) is 2.34. The maximum Gasteiger partial charge on any atom is 0.162 e. The van der Waals surface area contributed by atoms with Gasteiger partial charge < -0.3 is 9.47 Å². The van der Waals surface area contributed by atoms with E-state index in [4.69, 9.17) is 9.47 Å². The van der Waals surface area contributed by atoms with Crippen molar-refractivity contribution in [3.63, 3.8) is 0 Å². The van der Waals surface area contributed by atoms with Crippen LogP contribution in [-0.2, 0) is 0 Å². The van der Waals surface area contributed by atoms with Crippen molar-refractivity contribution in [2.24, 2.45) is 0 Å². The molecule has 2 aliphatic rings. The summed E-state index contributed by atoms with van der Waals surface area (Å²) < 4.78 is 13.2. The van der Waals surface area contributed by atoms with Crippen molar-refractivity contribution in [3.05, 3.63) is 48.5 Å². The molecule has 4 rings (SSSR count). The van der Waals surface area contributed by atoms with Crippen molar-refractivity contribution in [3.8, 4) is 11.5 Å². The lowest BCUT2D eigenvalue weighted by molar-refractivity contribution is 0.171. The second kappa shape index (κ2) is 6.22. The molecule has 138 valence electrons. The first-order chi connectivity index (χ1) is 12.2. The van der Waals surface area contributed by atoms with Crippen LogP contribution >= 0.6 is 15.8 Å². The van der Waals surface area contributed by atoms with Gasteiger partial charge in [-0.05, 0) is 38.3 Å². The Balaban J connectivity index is 1.80. The highest BCUT2D eigenvalue weighted by Gasteiger charge is 2.53. The second-order valence-corrected chi connectivity index (χ2v) is 15.2. The highest BCUT2D eigenvalue weighted by atomic mass is 31.1. The molecule has 0 radical (unpaired) electrons. The Morgan fingerprint density at radius 3 is 1.31 bits per heavy atom.